The van der Waals surface area contributed by atoms with Crippen LogP contribution in [0.2, 0.25) is 5.02 Å². The van der Waals surface area contributed by atoms with Crippen LogP contribution in [0.5, 0.6) is 0 Å². The summed E-state index contributed by atoms with van der Waals surface area (Å²) >= 11 is 7.26. The first-order valence-corrected chi connectivity index (χ1v) is 8.95. The van der Waals surface area contributed by atoms with Crippen LogP contribution in [0, 0.1) is 5.92 Å². The number of nitrogens with zero attached hydrogens (tertiary/aromatic N) is 5. The molecule has 2 heterocycles. The highest BCUT2D eigenvalue weighted by Gasteiger charge is 2.21. The van der Waals surface area contributed by atoms with Gasteiger partial charge in [0.15, 0.2) is 0 Å². The Balaban J connectivity index is 1.64. The number of piperidine rings is 1. The highest BCUT2D eigenvalue weighted by atomic mass is 35.5. The van der Waals surface area contributed by atoms with Gasteiger partial charge in [0.2, 0.25) is 11.1 Å². The third-order valence-corrected chi connectivity index (χ3v) is 5.00. The smallest absolute Gasteiger partial charge is 0.233 e. The van der Waals surface area contributed by atoms with Gasteiger partial charge in [-0.15, -0.1) is 5.10 Å². The van der Waals surface area contributed by atoms with Gasteiger partial charge in [0.05, 0.1) is 11.4 Å². The summed E-state index contributed by atoms with van der Waals surface area (Å²) < 4.78 is 1.62. The van der Waals surface area contributed by atoms with Gasteiger partial charge in [-0.2, -0.15) is 4.68 Å². The second-order valence-corrected chi connectivity index (χ2v) is 7.10. The molecule has 1 aliphatic rings. The first kappa shape index (κ1) is 16.3. The van der Waals surface area contributed by atoms with E-state index in [0.717, 1.165) is 25.2 Å². The van der Waals surface area contributed by atoms with E-state index in [9.17, 15) is 4.79 Å². The molecule has 1 aliphatic heterocycles. The number of hydrogen-bond donors (Lipinski definition) is 0. The Kier molecular flexibility index (Phi) is 5.17. The number of likely N-dealkylation sites (tertiary alicyclic amines) is 1. The van der Waals surface area contributed by atoms with Gasteiger partial charge in [0.1, 0.15) is 0 Å². The number of amides is 1. The number of aromatic nitrogens is 4. The van der Waals surface area contributed by atoms with Gasteiger partial charge in [-0.1, -0.05) is 30.3 Å². The molecule has 0 N–H and O–H groups in total. The van der Waals surface area contributed by atoms with Crippen molar-refractivity contribution >= 4 is 29.3 Å². The number of halogens is 1. The average molecular weight is 352 g/mol. The SMILES string of the molecule is C[C@H]1CCCN(C(=O)CSc2nnnn2-c2ccc(Cl)cc2)C1. The zero-order chi connectivity index (χ0) is 16.2. The minimum absolute atomic E-state index is 0.146. The number of tetrazole rings is 1. The fraction of sp³-hybridized carbons (Fsp3) is 0.467. The maximum absolute atomic E-state index is 12.3. The Morgan fingerprint density at radius 3 is 2.91 bits per heavy atom. The number of benzene rings is 1. The molecular formula is C15H18ClN5OS. The van der Waals surface area contributed by atoms with Crippen molar-refractivity contribution in [2.45, 2.75) is 24.9 Å². The summed E-state index contributed by atoms with van der Waals surface area (Å²) in [6.07, 6.45) is 2.28. The summed E-state index contributed by atoms with van der Waals surface area (Å²) in [5, 5.41) is 13.0. The molecule has 2 aromatic rings. The minimum Gasteiger partial charge on any atom is -0.342 e. The Bertz CT molecular complexity index is 675. The molecule has 0 bridgehead atoms. The lowest BCUT2D eigenvalue weighted by Crippen LogP contribution is -2.40. The van der Waals surface area contributed by atoms with Crippen LogP contribution in [-0.2, 0) is 4.79 Å². The van der Waals surface area contributed by atoms with E-state index in [2.05, 4.69) is 22.4 Å². The van der Waals surface area contributed by atoms with Crippen molar-refractivity contribution in [2.24, 2.45) is 5.92 Å². The van der Waals surface area contributed by atoms with Crippen LogP contribution < -0.4 is 0 Å². The van der Waals surface area contributed by atoms with Gasteiger partial charge in [-0.25, -0.2) is 0 Å². The highest BCUT2D eigenvalue weighted by molar-refractivity contribution is 7.99. The van der Waals surface area contributed by atoms with E-state index in [-0.39, 0.29) is 5.91 Å². The highest BCUT2D eigenvalue weighted by Crippen LogP contribution is 2.21. The molecule has 1 aromatic heterocycles. The van der Waals surface area contributed by atoms with Crippen molar-refractivity contribution in [2.75, 3.05) is 18.8 Å². The second kappa shape index (κ2) is 7.31. The number of carbonyl (C=O) groups excluding carboxylic acids is 1. The maximum atomic E-state index is 12.3. The van der Waals surface area contributed by atoms with E-state index in [0.29, 0.717) is 21.8 Å². The fourth-order valence-corrected chi connectivity index (χ4v) is 3.57. The van der Waals surface area contributed by atoms with E-state index >= 15 is 0 Å². The molecule has 122 valence electrons. The predicted molar refractivity (Wildman–Crippen MR) is 89.9 cm³/mol. The molecular weight excluding hydrogens is 334 g/mol. The number of thioether (sulfide) groups is 1. The molecule has 1 atom stereocenters. The van der Waals surface area contributed by atoms with Crippen LogP contribution in [0.1, 0.15) is 19.8 Å². The van der Waals surface area contributed by atoms with Crippen LogP contribution in [0.4, 0.5) is 0 Å². The molecule has 0 spiro atoms. The second-order valence-electron chi connectivity index (χ2n) is 5.73. The molecule has 6 nitrogen and oxygen atoms in total. The molecule has 1 saturated heterocycles. The molecule has 3 rings (SSSR count). The maximum Gasteiger partial charge on any atom is 0.233 e. The summed E-state index contributed by atoms with van der Waals surface area (Å²) in [6.45, 7) is 3.89. The molecule has 8 heteroatoms. The lowest BCUT2D eigenvalue weighted by molar-refractivity contribution is -0.130. The van der Waals surface area contributed by atoms with Gasteiger partial charge in [0, 0.05) is 18.1 Å². The fourth-order valence-electron chi connectivity index (χ4n) is 2.65. The Labute approximate surface area is 144 Å². The Morgan fingerprint density at radius 1 is 1.39 bits per heavy atom. The van der Waals surface area contributed by atoms with Crippen LogP contribution >= 0.6 is 23.4 Å². The number of rotatable bonds is 4. The van der Waals surface area contributed by atoms with Gasteiger partial charge < -0.3 is 4.90 Å². The van der Waals surface area contributed by atoms with Crippen LogP contribution in [-0.4, -0.2) is 49.9 Å². The normalized spacial score (nSPS) is 18.2. The predicted octanol–water partition coefficient (Wildman–Crippen LogP) is 2.67. The third kappa shape index (κ3) is 4.03. The van der Waals surface area contributed by atoms with Crippen molar-refractivity contribution in [3.63, 3.8) is 0 Å². The minimum atomic E-state index is 0.146. The number of hydrogen-bond acceptors (Lipinski definition) is 5. The van der Waals surface area contributed by atoms with E-state index in [4.69, 9.17) is 11.6 Å². The van der Waals surface area contributed by atoms with Crippen molar-refractivity contribution in [3.05, 3.63) is 29.3 Å². The summed E-state index contributed by atoms with van der Waals surface area (Å²) in [7, 11) is 0. The third-order valence-electron chi connectivity index (χ3n) is 3.85. The van der Waals surface area contributed by atoms with Crippen LogP contribution in [0.25, 0.3) is 5.69 Å². The average Bonchev–Trinajstić information content (AvgIpc) is 3.02. The van der Waals surface area contributed by atoms with Crippen LogP contribution in [0.3, 0.4) is 0 Å². The summed E-state index contributed by atoms with van der Waals surface area (Å²) in [5.41, 5.74) is 0.820. The van der Waals surface area contributed by atoms with Gasteiger partial charge in [0.25, 0.3) is 0 Å². The molecule has 0 unspecified atom stereocenters. The standard InChI is InChI=1S/C15H18ClN5OS/c1-11-3-2-8-20(9-11)14(22)10-23-15-17-18-19-21(15)13-6-4-12(16)5-7-13/h4-7,11H,2-3,8-10H2,1H3/t11-/m0/s1. The first-order valence-electron chi connectivity index (χ1n) is 7.58. The molecule has 0 radical (unpaired) electrons. The zero-order valence-electron chi connectivity index (χ0n) is 12.9. The monoisotopic (exact) mass is 351 g/mol. The molecule has 0 saturated carbocycles. The van der Waals surface area contributed by atoms with E-state index in [1.165, 1.54) is 18.2 Å². The lowest BCUT2D eigenvalue weighted by atomic mass is 10.0. The van der Waals surface area contributed by atoms with Crippen molar-refractivity contribution in [1.82, 2.24) is 25.1 Å². The Morgan fingerprint density at radius 2 is 2.17 bits per heavy atom. The van der Waals surface area contributed by atoms with Crippen molar-refractivity contribution in [3.8, 4) is 5.69 Å². The zero-order valence-corrected chi connectivity index (χ0v) is 14.4. The van der Waals surface area contributed by atoms with E-state index < -0.39 is 0 Å². The molecule has 23 heavy (non-hydrogen) atoms. The molecule has 1 fully saturated rings. The van der Waals surface area contributed by atoms with Gasteiger partial charge in [-0.3, -0.25) is 4.79 Å². The van der Waals surface area contributed by atoms with Crippen molar-refractivity contribution in [1.29, 1.82) is 0 Å². The van der Waals surface area contributed by atoms with Gasteiger partial charge >= 0.3 is 0 Å². The topological polar surface area (TPSA) is 63.9 Å². The summed E-state index contributed by atoms with van der Waals surface area (Å²) in [5.74, 6) is 1.07. The van der Waals surface area contributed by atoms with E-state index in [1.54, 1.807) is 16.8 Å². The summed E-state index contributed by atoms with van der Waals surface area (Å²) in [6, 6.07) is 7.26. The largest absolute Gasteiger partial charge is 0.342 e. The quantitative estimate of drug-likeness (QED) is 0.792. The Hall–Kier alpha value is -1.60. The molecule has 0 aliphatic carbocycles. The van der Waals surface area contributed by atoms with Crippen LogP contribution in [0.15, 0.2) is 29.4 Å². The van der Waals surface area contributed by atoms with Gasteiger partial charge in [-0.05, 0) is 53.5 Å². The molecule has 1 amide bonds. The van der Waals surface area contributed by atoms with E-state index in [1.807, 2.05) is 17.0 Å². The molecule has 1 aromatic carbocycles. The van der Waals surface area contributed by atoms with Crippen molar-refractivity contribution < 1.29 is 4.79 Å². The lowest BCUT2D eigenvalue weighted by Gasteiger charge is -2.30. The first-order chi connectivity index (χ1) is 11.1. The number of carbonyl (C=O) groups is 1. The summed E-state index contributed by atoms with van der Waals surface area (Å²) in [4.78, 5) is 14.3.